The van der Waals surface area contributed by atoms with Gasteiger partial charge in [-0.05, 0) is 62.5 Å². The summed E-state index contributed by atoms with van der Waals surface area (Å²) in [5, 5.41) is 9.34. The lowest BCUT2D eigenvalue weighted by Gasteiger charge is -2.45. The number of amides is 2. The maximum absolute atomic E-state index is 14.2. The lowest BCUT2D eigenvalue weighted by molar-refractivity contribution is 0.104. The summed E-state index contributed by atoms with van der Waals surface area (Å²) in [6, 6.07) is 7.41. The van der Waals surface area contributed by atoms with Crippen LogP contribution in [0.2, 0.25) is 0 Å². The first-order chi connectivity index (χ1) is 16.4. The summed E-state index contributed by atoms with van der Waals surface area (Å²) < 4.78 is 14.2. The molecule has 178 valence electrons. The van der Waals surface area contributed by atoms with Crippen molar-refractivity contribution in [1.82, 2.24) is 19.8 Å². The van der Waals surface area contributed by atoms with Crippen molar-refractivity contribution in [1.29, 1.82) is 5.26 Å². The second-order valence-electron chi connectivity index (χ2n) is 9.80. The number of fused-ring (bicyclic) bond motifs is 2. The average molecular weight is 464 g/mol. The van der Waals surface area contributed by atoms with E-state index in [1.807, 2.05) is 4.90 Å². The summed E-state index contributed by atoms with van der Waals surface area (Å²) in [6.07, 6.45) is 7.01. The Morgan fingerprint density at radius 2 is 1.85 bits per heavy atom. The molecule has 0 saturated carbocycles. The Morgan fingerprint density at radius 3 is 2.53 bits per heavy atom. The molecular weight excluding hydrogens is 433 g/mol. The first kappa shape index (κ1) is 22.5. The summed E-state index contributed by atoms with van der Waals surface area (Å²) in [7, 11) is 3.51. The molecule has 0 radical (unpaired) electrons. The van der Waals surface area contributed by atoms with E-state index >= 15 is 0 Å². The quantitative estimate of drug-likeness (QED) is 0.681. The number of piperidine rings is 2. The number of halogens is 1. The van der Waals surface area contributed by atoms with Gasteiger partial charge in [-0.3, -0.25) is 4.90 Å². The van der Waals surface area contributed by atoms with E-state index in [1.54, 1.807) is 43.5 Å². The van der Waals surface area contributed by atoms with Crippen LogP contribution in [0.1, 0.15) is 36.9 Å². The van der Waals surface area contributed by atoms with E-state index in [-0.39, 0.29) is 17.3 Å². The number of likely N-dealkylation sites (tertiary alicyclic amines) is 1. The second-order valence-corrected chi connectivity index (χ2v) is 9.80. The predicted octanol–water partition coefficient (Wildman–Crippen LogP) is 2.99. The van der Waals surface area contributed by atoms with Gasteiger partial charge >= 0.3 is 6.03 Å². The van der Waals surface area contributed by atoms with E-state index in [2.05, 4.69) is 25.8 Å². The third-order valence-electron chi connectivity index (χ3n) is 7.72. The van der Waals surface area contributed by atoms with Gasteiger partial charge in [0.05, 0.1) is 0 Å². The van der Waals surface area contributed by atoms with Crippen LogP contribution in [0, 0.1) is 17.1 Å². The van der Waals surface area contributed by atoms with Gasteiger partial charge in [0.15, 0.2) is 11.5 Å². The Morgan fingerprint density at radius 1 is 1.15 bits per heavy atom. The number of benzene rings is 1. The zero-order valence-corrected chi connectivity index (χ0v) is 19.7. The molecule has 4 heterocycles. The van der Waals surface area contributed by atoms with Crippen LogP contribution in [-0.4, -0.2) is 78.7 Å². The molecule has 34 heavy (non-hydrogen) atoms. The number of carbonyl (C=O) groups is 1. The molecule has 3 aliphatic rings. The van der Waals surface area contributed by atoms with Crippen LogP contribution < -0.4 is 9.80 Å². The number of rotatable bonds is 2. The minimum Gasteiger partial charge on any atom is -0.354 e. The molecule has 9 heteroatoms. The first-order valence-corrected chi connectivity index (χ1v) is 11.9. The molecule has 0 aliphatic carbocycles. The van der Waals surface area contributed by atoms with E-state index in [0.29, 0.717) is 24.1 Å². The maximum Gasteiger partial charge on any atom is 0.323 e. The second kappa shape index (κ2) is 8.84. The predicted molar refractivity (Wildman–Crippen MR) is 127 cm³/mol. The number of nitriles is 1. The van der Waals surface area contributed by atoms with E-state index in [0.717, 1.165) is 63.1 Å². The zero-order valence-electron chi connectivity index (χ0n) is 19.7. The number of hydrogen-bond acceptors (Lipinski definition) is 6. The highest BCUT2D eigenvalue weighted by molar-refractivity contribution is 5.95. The minimum atomic E-state index is -0.243. The molecule has 0 unspecified atom stereocenters. The van der Waals surface area contributed by atoms with Crippen molar-refractivity contribution in [3.8, 4) is 6.07 Å². The zero-order chi connectivity index (χ0) is 23.9. The molecule has 1 aromatic heterocycles. The SMILES string of the molecule is CN(C)C(=O)N1CC2(CCN(C3CCN(c4nccnc4C#N)CC3)CC2)c2cc(F)ccc21. The van der Waals surface area contributed by atoms with E-state index in [4.69, 9.17) is 0 Å². The van der Waals surface area contributed by atoms with Gasteiger partial charge in [0.25, 0.3) is 0 Å². The molecule has 2 saturated heterocycles. The smallest absolute Gasteiger partial charge is 0.323 e. The van der Waals surface area contributed by atoms with Crippen molar-refractivity contribution in [2.24, 2.45) is 0 Å². The third kappa shape index (κ3) is 3.86. The normalized spacial score (nSPS) is 20.3. The largest absolute Gasteiger partial charge is 0.354 e. The van der Waals surface area contributed by atoms with Crippen molar-refractivity contribution in [2.45, 2.75) is 37.1 Å². The topological polar surface area (TPSA) is 79.6 Å². The highest BCUT2D eigenvalue weighted by Crippen LogP contribution is 2.48. The molecule has 0 N–H and O–H groups in total. The number of hydrogen-bond donors (Lipinski definition) is 0. The Labute approximate surface area is 199 Å². The fraction of sp³-hybridized carbons (Fsp3) is 0.520. The number of anilines is 2. The molecule has 1 spiro atoms. The number of nitrogens with zero attached hydrogens (tertiary/aromatic N) is 7. The first-order valence-electron chi connectivity index (χ1n) is 11.9. The fourth-order valence-corrected chi connectivity index (χ4v) is 5.88. The maximum atomic E-state index is 14.2. The number of urea groups is 1. The van der Waals surface area contributed by atoms with Crippen LogP contribution in [0.3, 0.4) is 0 Å². The summed E-state index contributed by atoms with van der Waals surface area (Å²) in [5.74, 6) is 0.434. The lowest BCUT2D eigenvalue weighted by Crippen LogP contribution is -2.52. The Kier molecular flexibility index (Phi) is 5.86. The van der Waals surface area contributed by atoms with Crippen LogP contribution in [0.4, 0.5) is 20.7 Å². The Hall–Kier alpha value is -3.25. The third-order valence-corrected chi connectivity index (χ3v) is 7.72. The summed E-state index contributed by atoms with van der Waals surface area (Å²) in [6.45, 7) is 4.16. The Balaban J connectivity index is 1.26. The lowest BCUT2D eigenvalue weighted by atomic mass is 9.74. The average Bonchev–Trinajstić information content (AvgIpc) is 3.17. The van der Waals surface area contributed by atoms with E-state index in [1.165, 1.54) is 6.07 Å². The van der Waals surface area contributed by atoms with Gasteiger partial charge in [0.2, 0.25) is 0 Å². The molecule has 0 bridgehead atoms. The molecule has 3 aliphatic heterocycles. The van der Waals surface area contributed by atoms with Crippen molar-refractivity contribution >= 4 is 17.5 Å². The summed E-state index contributed by atoms with van der Waals surface area (Å²) in [5.41, 5.74) is 2.01. The van der Waals surface area contributed by atoms with Gasteiger partial charge in [-0.25, -0.2) is 19.2 Å². The molecule has 2 amide bonds. The summed E-state index contributed by atoms with van der Waals surface area (Å²) >= 11 is 0. The van der Waals surface area contributed by atoms with Crippen LogP contribution in [0.25, 0.3) is 0 Å². The highest BCUT2D eigenvalue weighted by Gasteiger charge is 2.47. The standard InChI is InChI=1S/C25H30FN7O/c1-30(2)24(34)33-17-25(20-15-18(26)3-4-22(20)33)7-13-31(14-8-25)19-5-11-32(12-6-19)23-21(16-27)28-9-10-29-23/h3-4,9-10,15,19H,5-8,11-14,17H2,1-2H3. The van der Waals surface area contributed by atoms with Crippen LogP contribution in [0.5, 0.6) is 0 Å². The van der Waals surface area contributed by atoms with Crippen molar-refractivity contribution in [3.05, 3.63) is 47.7 Å². The number of carbonyl (C=O) groups excluding carboxylic acids is 1. The van der Waals surface area contributed by atoms with Crippen LogP contribution >= 0.6 is 0 Å². The summed E-state index contributed by atoms with van der Waals surface area (Å²) in [4.78, 5) is 29.5. The van der Waals surface area contributed by atoms with Gasteiger partial charge in [0.1, 0.15) is 11.9 Å². The van der Waals surface area contributed by atoms with Gasteiger partial charge in [-0.15, -0.1) is 0 Å². The Bertz CT molecular complexity index is 1110. The fourth-order valence-electron chi connectivity index (χ4n) is 5.88. The molecule has 0 atom stereocenters. The van der Waals surface area contributed by atoms with Crippen LogP contribution in [-0.2, 0) is 5.41 Å². The van der Waals surface area contributed by atoms with Gasteiger partial charge in [-0.2, -0.15) is 5.26 Å². The molecule has 1 aromatic carbocycles. The van der Waals surface area contributed by atoms with Crippen LogP contribution in [0.15, 0.2) is 30.6 Å². The molecule has 5 rings (SSSR count). The van der Waals surface area contributed by atoms with Crippen molar-refractivity contribution in [3.63, 3.8) is 0 Å². The van der Waals surface area contributed by atoms with Gasteiger partial charge < -0.3 is 14.7 Å². The highest BCUT2D eigenvalue weighted by atomic mass is 19.1. The molecule has 8 nitrogen and oxygen atoms in total. The van der Waals surface area contributed by atoms with Crippen molar-refractivity contribution < 1.29 is 9.18 Å². The molecule has 2 fully saturated rings. The molecule has 2 aromatic rings. The monoisotopic (exact) mass is 463 g/mol. The van der Waals surface area contributed by atoms with Gasteiger partial charge in [-0.1, -0.05) is 0 Å². The van der Waals surface area contributed by atoms with Gasteiger partial charge in [0, 0.05) is 63.3 Å². The minimum absolute atomic E-state index is 0.0553. The molecular formula is C25H30FN7O. The van der Waals surface area contributed by atoms with E-state index in [9.17, 15) is 14.4 Å². The van der Waals surface area contributed by atoms with E-state index < -0.39 is 0 Å². The van der Waals surface area contributed by atoms with Crippen molar-refractivity contribution in [2.75, 3.05) is 56.6 Å². The number of aromatic nitrogens is 2.